The second-order valence-corrected chi connectivity index (χ2v) is 22.6. The molecule has 0 aromatic heterocycles. The molecule has 0 radical (unpaired) electrons. The fourth-order valence-electron chi connectivity index (χ4n) is 8.15. The molecule has 422 valence electrons. The molecule has 0 rings (SSSR count). The summed E-state index contributed by atoms with van der Waals surface area (Å²) >= 11 is 0. The average Bonchev–Trinajstić information content (AvgIpc) is 3.35. The van der Waals surface area contributed by atoms with Crippen LogP contribution in [0.1, 0.15) is 252 Å². The molecular weight excluding hydrogens is 928 g/mol. The standard InChI is InChI=1S/C63H113N2O7P/c1-7-10-13-16-19-22-25-28-29-30-31-32-33-34-35-38-40-43-46-49-52-55-62(66)64-60(59-71-73(68,69)70-58-57-65(4,5)6)61(54-51-48-45-42-39-36-26-23-20-17-14-11-8-2)72-63(67)56-53-50-47-44-41-37-27-24-21-18-15-12-9-3/h19,22,28-29,31-32,34-35,37,41,47,50-51,54,60-61H,7-18,20-21,23-27,30,33,36,38-40,42-46,48-49,52-53,55-59H2,1-6H3,(H-,64,66,68,69)/b22-19-,29-28-,32-31-,35-34-,41-37-,50-47+,54-51-. The number of quaternary nitrogens is 1. The number of ether oxygens (including phenoxy) is 1. The first-order chi connectivity index (χ1) is 35.4. The third-order valence-electron chi connectivity index (χ3n) is 12.8. The number of esters is 1. The van der Waals surface area contributed by atoms with E-state index in [1.54, 1.807) is 6.08 Å². The predicted octanol–water partition coefficient (Wildman–Crippen LogP) is 17.6. The Morgan fingerprint density at radius 1 is 0.479 bits per heavy atom. The molecule has 0 aliphatic rings. The molecule has 0 aliphatic heterocycles. The van der Waals surface area contributed by atoms with Crippen LogP contribution in [0, 0.1) is 0 Å². The summed E-state index contributed by atoms with van der Waals surface area (Å²) in [4.78, 5) is 39.9. The number of amides is 1. The highest BCUT2D eigenvalue weighted by molar-refractivity contribution is 7.45. The van der Waals surface area contributed by atoms with Gasteiger partial charge in [-0.3, -0.25) is 14.2 Å². The number of rotatable bonds is 53. The maximum absolute atomic E-state index is 13.5. The number of nitrogens with zero attached hydrogens (tertiary/aromatic N) is 1. The van der Waals surface area contributed by atoms with Crippen LogP contribution in [0.2, 0.25) is 0 Å². The van der Waals surface area contributed by atoms with Crippen LogP contribution in [-0.4, -0.2) is 69.4 Å². The molecule has 0 aliphatic carbocycles. The second-order valence-electron chi connectivity index (χ2n) is 21.1. The van der Waals surface area contributed by atoms with Crippen LogP contribution < -0.4 is 10.2 Å². The van der Waals surface area contributed by atoms with Crippen LogP contribution in [0.3, 0.4) is 0 Å². The number of allylic oxidation sites excluding steroid dienone is 13. The minimum absolute atomic E-state index is 0.0371. The van der Waals surface area contributed by atoms with Crippen molar-refractivity contribution >= 4 is 19.7 Å². The maximum atomic E-state index is 13.5. The number of unbranched alkanes of at least 4 members (excludes halogenated alkanes) is 25. The van der Waals surface area contributed by atoms with Gasteiger partial charge < -0.3 is 28.5 Å². The molecule has 3 atom stereocenters. The van der Waals surface area contributed by atoms with Crippen molar-refractivity contribution in [1.82, 2.24) is 5.32 Å². The zero-order chi connectivity index (χ0) is 53.6. The third-order valence-corrected chi connectivity index (χ3v) is 13.8. The molecule has 0 bridgehead atoms. The zero-order valence-electron chi connectivity index (χ0n) is 48.1. The lowest BCUT2D eigenvalue weighted by Gasteiger charge is -2.30. The molecule has 3 unspecified atom stereocenters. The Morgan fingerprint density at radius 2 is 0.849 bits per heavy atom. The number of carbonyl (C=O) groups is 2. The summed E-state index contributed by atoms with van der Waals surface area (Å²) in [6.07, 6.45) is 68.5. The van der Waals surface area contributed by atoms with Gasteiger partial charge >= 0.3 is 5.97 Å². The number of hydrogen-bond donors (Lipinski definition) is 1. The highest BCUT2D eigenvalue weighted by Crippen LogP contribution is 2.38. The van der Waals surface area contributed by atoms with Gasteiger partial charge in [-0.2, -0.15) is 0 Å². The highest BCUT2D eigenvalue weighted by Gasteiger charge is 2.27. The van der Waals surface area contributed by atoms with Crippen molar-refractivity contribution in [1.29, 1.82) is 0 Å². The first-order valence-corrected chi connectivity index (χ1v) is 31.4. The zero-order valence-corrected chi connectivity index (χ0v) is 49.0. The van der Waals surface area contributed by atoms with Gasteiger partial charge in [-0.15, -0.1) is 0 Å². The van der Waals surface area contributed by atoms with E-state index in [-0.39, 0.29) is 25.4 Å². The number of nitrogens with one attached hydrogen (secondary N) is 1. The molecule has 0 saturated carbocycles. The summed E-state index contributed by atoms with van der Waals surface area (Å²) in [7, 11) is 1.14. The SMILES string of the molecule is CCCCC/C=C\C/C=C\C/C=C\C/C=C\CCCCCCCC(=O)NC(COP(=O)([O-])OCC[N+](C)(C)C)C(/C=C\CCCCCCCCCCCCC)OC(=O)CC/C=C/C/C=C\CCCCCCCC. The molecular formula is C63H113N2O7P. The summed E-state index contributed by atoms with van der Waals surface area (Å²) in [5.74, 6) is -0.642. The first kappa shape index (κ1) is 70.2. The number of phosphoric acid groups is 1. The molecule has 10 heteroatoms. The Kier molecular flexibility index (Phi) is 50.6. The summed E-state index contributed by atoms with van der Waals surface area (Å²) < 4.78 is 30.2. The van der Waals surface area contributed by atoms with Crippen molar-refractivity contribution in [3.05, 3.63) is 85.1 Å². The topological polar surface area (TPSA) is 114 Å². The van der Waals surface area contributed by atoms with Gasteiger partial charge in [-0.1, -0.05) is 228 Å². The van der Waals surface area contributed by atoms with E-state index in [0.29, 0.717) is 23.9 Å². The van der Waals surface area contributed by atoms with Gasteiger partial charge in [0.1, 0.15) is 19.3 Å². The molecule has 1 N–H and O–H groups in total. The largest absolute Gasteiger partial charge is 0.756 e. The Labute approximate surface area is 450 Å². The minimum atomic E-state index is -4.72. The molecule has 1 amide bonds. The Balaban J connectivity index is 5.39. The number of hydrogen-bond acceptors (Lipinski definition) is 7. The normalized spacial score (nSPS) is 14.3. The van der Waals surface area contributed by atoms with Crippen molar-refractivity contribution in [2.24, 2.45) is 0 Å². The number of likely N-dealkylation sites (N-methyl/N-ethyl adjacent to an activating group) is 1. The van der Waals surface area contributed by atoms with E-state index in [2.05, 4.69) is 92.9 Å². The summed E-state index contributed by atoms with van der Waals surface area (Å²) in [6.45, 7) is 6.75. The second kappa shape index (κ2) is 52.6. The van der Waals surface area contributed by atoms with Crippen LogP contribution >= 0.6 is 7.82 Å². The summed E-state index contributed by atoms with van der Waals surface area (Å²) in [5.41, 5.74) is 0. The summed E-state index contributed by atoms with van der Waals surface area (Å²) in [6, 6.07) is -0.924. The van der Waals surface area contributed by atoms with Gasteiger partial charge in [0.15, 0.2) is 0 Å². The Hall–Kier alpha value is -2.81. The highest BCUT2D eigenvalue weighted by atomic mass is 31.2. The maximum Gasteiger partial charge on any atom is 0.306 e. The fraction of sp³-hybridized carbons (Fsp3) is 0.746. The molecule has 0 fully saturated rings. The van der Waals surface area contributed by atoms with Crippen LogP contribution in [-0.2, 0) is 27.9 Å². The molecule has 0 aromatic carbocycles. The summed E-state index contributed by atoms with van der Waals surface area (Å²) in [5, 5.41) is 3.00. The van der Waals surface area contributed by atoms with E-state index in [4.69, 9.17) is 13.8 Å². The van der Waals surface area contributed by atoms with Crippen molar-refractivity contribution < 1.29 is 37.3 Å². The van der Waals surface area contributed by atoms with Gasteiger partial charge in [0.05, 0.1) is 33.8 Å². The number of phosphoric ester groups is 1. The molecule has 0 aromatic rings. The van der Waals surface area contributed by atoms with Crippen molar-refractivity contribution in [2.45, 2.75) is 264 Å². The molecule has 9 nitrogen and oxygen atoms in total. The Morgan fingerprint density at radius 3 is 1.30 bits per heavy atom. The quantitative estimate of drug-likeness (QED) is 0.0212. The minimum Gasteiger partial charge on any atom is -0.756 e. The lowest BCUT2D eigenvalue weighted by Crippen LogP contribution is -2.47. The monoisotopic (exact) mass is 1040 g/mol. The van der Waals surface area contributed by atoms with Crippen LogP contribution in [0.4, 0.5) is 0 Å². The van der Waals surface area contributed by atoms with E-state index in [0.717, 1.165) is 83.5 Å². The lowest BCUT2D eigenvalue weighted by molar-refractivity contribution is -0.870. The molecule has 0 spiro atoms. The van der Waals surface area contributed by atoms with Gasteiger partial charge in [0, 0.05) is 12.8 Å². The van der Waals surface area contributed by atoms with Gasteiger partial charge in [-0.05, 0) is 96.0 Å². The van der Waals surface area contributed by atoms with Crippen molar-refractivity contribution in [2.75, 3.05) is 40.9 Å². The van der Waals surface area contributed by atoms with E-state index in [1.807, 2.05) is 33.3 Å². The average molecular weight is 1040 g/mol. The predicted molar refractivity (Wildman–Crippen MR) is 311 cm³/mol. The first-order valence-electron chi connectivity index (χ1n) is 29.9. The van der Waals surface area contributed by atoms with Gasteiger partial charge in [0.25, 0.3) is 7.82 Å². The number of carbonyl (C=O) groups excluding carboxylic acids is 2. The van der Waals surface area contributed by atoms with Crippen LogP contribution in [0.5, 0.6) is 0 Å². The van der Waals surface area contributed by atoms with E-state index in [1.165, 1.54) is 122 Å². The smallest absolute Gasteiger partial charge is 0.306 e. The fourth-order valence-corrected chi connectivity index (χ4v) is 8.87. The van der Waals surface area contributed by atoms with Crippen LogP contribution in [0.25, 0.3) is 0 Å². The van der Waals surface area contributed by atoms with E-state index in [9.17, 15) is 19.0 Å². The Bertz CT molecular complexity index is 1530. The molecule has 73 heavy (non-hydrogen) atoms. The molecule has 0 saturated heterocycles. The van der Waals surface area contributed by atoms with Crippen molar-refractivity contribution in [3.8, 4) is 0 Å². The lowest BCUT2D eigenvalue weighted by atomic mass is 10.0. The third kappa shape index (κ3) is 53.8. The van der Waals surface area contributed by atoms with E-state index >= 15 is 0 Å². The van der Waals surface area contributed by atoms with Gasteiger partial charge in [-0.25, -0.2) is 0 Å². The van der Waals surface area contributed by atoms with Gasteiger partial charge in [0.2, 0.25) is 5.91 Å². The van der Waals surface area contributed by atoms with Crippen LogP contribution in [0.15, 0.2) is 85.1 Å². The van der Waals surface area contributed by atoms with E-state index < -0.39 is 32.5 Å². The molecule has 0 heterocycles. The van der Waals surface area contributed by atoms with Crippen molar-refractivity contribution in [3.63, 3.8) is 0 Å².